The molecule has 0 spiro atoms. The number of nitrogens with two attached hydrogens (primary N) is 1. The summed E-state index contributed by atoms with van der Waals surface area (Å²) in [7, 11) is 1.37. The van der Waals surface area contributed by atoms with Crippen molar-refractivity contribution in [3.05, 3.63) is 23.3 Å². The van der Waals surface area contributed by atoms with E-state index in [9.17, 15) is 0 Å². The van der Waals surface area contributed by atoms with Crippen molar-refractivity contribution >= 4 is 24.5 Å². The molecule has 1 aromatic carbocycles. The van der Waals surface area contributed by atoms with E-state index >= 15 is 0 Å². The van der Waals surface area contributed by atoms with Crippen molar-refractivity contribution in [2.24, 2.45) is 10.9 Å². The predicted molar refractivity (Wildman–Crippen MR) is 98.6 cm³/mol. The summed E-state index contributed by atoms with van der Waals surface area (Å²) in [5.41, 5.74) is 9.47. The first-order chi connectivity index (χ1) is 10.6. The molecule has 1 heterocycles. The molecule has 0 atom stereocenters. The summed E-state index contributed by atoms with van der Waals surface area (Å²) in [5.74, 6) is 0.525. The molecule has 2 N–H and O–H groups in total. The molecule has 126 valence electrons. The zero-order chi connectivity index (χ0) is 17.4. The van der Waals surface area contributed by atoms with Crippen molar-refractivity contribution in [1.82, 2.24) is 0 Å². The van der Waals surface area contributed by atoms with Gasteiger partial charge in [0.05, 0.1) is 11.2 Å². The van der Waals surface area contributed by atoms with Crippen molar-refractivity contribution in [1.29, 1.82) is 0 Å². The Kier molecular flexibility index (Phi) is 4.93. The highest BCUT2D eigenvalue weighted by Crippen LogP contribution is 2.36. The molecule has 0 aliphatic carbocycles. The van der Waals surface area contributed by atoms with E-state index < -0.39 is 0 Å². The molecule has 2 rings (SSSR count). The van der Waals surface area contributed by atoms with Crippen LogP contribution in [0.3, 0.4) is 0 Å². The van der Waals surface area contributed by atoms with Gasteiger partial charge in [0, 0.05) is 24.5 Å². The lowest BCUT2D eigenvalue weighted by atomic mass is 9.76. The third-order valence-electron chi connectivity index (χ3n) is 4.74. The van der Waals surface area contributed by atoms with Crippen molar-refractivity contribution in [3.63, 3.8) is 0 Å². The molecular formula is C18H29BN2O2. The lowest BCUT2D eigenvalue weighted by Gasteiger charge is -2.32. The van der Waals surface area contributed by atoms with Crippen LogP contribution in [-0.4, -0.2) is 31.6 Å². The van der Waals surface area contributed by atoms with Crippen LogP contribution >= 0.6 is 0 Å². The summed E-state index contributed by atoms with van der Waals surface area (Å²) in [6.07, 6.45) is 2.72. The van der Waals surface area contributed by atoms with E-state index in [1.807, 2.05) is 6.07 Å². The SMILES string of the molecule is CN=Cc1cc(B2OC(C)(C)C(C)(C)O2)cc(CC(C)C)c1N. The Labute approximate surface area is 140 Å². The third kappa shape index (κ3) is 3.61. The van der Waals surface area contributed by atoms with Gasteiger partial charge in [0.15, 0.2) is 0 Å². The Bertz CT molecular complexity index is 593. The molecule has 0 aromatic heterocycles. The Morgan fingerprint density at radius 2 is 1.74 bits per heavy atom. The monoisotopic (exact) mass is 316 g/mol. The fraction of sp³-hybridized carbons (Fsp3) is 0.611. The highest BCUT2D eigenvalue weighted by atomic mass is 16.7. The van der Waals surface area contributed by atoms with Crippen LogP contribution in [0.4, 0.5) is 5.69 Å². The summed E-state index contributed by atoms with van der Waals surface area (Å²) in [6, 6.07) is 4.14. The number of anilines is 1. The van der Waals surface area contributed by atoms with Crippen molar-refractivity contribution < 1.29 is 9.31 Å². The number of rotatable bonds is 4. The van der Waals surface area contributed by atoms with E-state index in [2.05, 4.69) is 52.6 Å². The molecule has 1 aliphatic rings. The molecule has 23 heavy (non-hydrogen) atoms. The molecule has 1 aromatic rings. The van der Waals surface area contributed by atoms with Gasteiger partial charge in [-0.3, -0.25) is 4.99 Å². The minimum atomic E-state index is -0.379. The van der Waals surface area contributed by atoms with Crippen LogP contribution in [0.5, 0.6) is 0 Å². The molecule has 0 unspecified atom stereocenters. The minimum Gasteiger partial charge on any atom is -0.399 e. The molecule has 1 saturated heterocycles. The van der Waals surface area contributed by atoms with Gasteiger partial charge in [-0.15, -0.1) is 0 Å². The Morgan fingerprint density at radius 1 is 1.17 bits per heavy atom. The van der Waals surface area contributed by atoms with Gasteiger partial charge in [0.2, 0.25) is 0 Å². The van der Waals surface area contributed by atoms with Crippen molar-refractivity contribution in [3.8, 4) is 0 Å². The fourth-order valence-corrected chi connectivity index (χ4v) is 2.73. The predicted octanol–water partition coefficient (Wildman–Crippen LogP) is 2.82. The van der Waals surface area contributed by atoms with Crippen LogP contribution in [0, 0.1) is 5.92 Å². The summed E-state index contributed by atoms with van der Waals surface area (Å²) in [5, 5.41) is 0. The molecule has 0 bridgehead atoms. The molecule has 0 saturated carbocycles. The smallest absolute Gasteiger partial charge is 0.399 e. The fourth-order valence-electron chi connectivity index (χ4n) is 2.73. The average Bonchev–Trinajstić information content (AvgIpc) is 2.62. The molecule has 1 aliphatic heterocycles. The van der Waals surface area contributed by atoms with Crippen LogP contribution in [-0.2, 0) is 15.7 Å². The first-order valence-corrected chi connectivity index (χ1v) is 8.27. The summed E-state index contributed by atoms with van der Waals surface area (Å²) in [6.45, 7) is 12.6. The molecule has 5 heteroatoms. The van der Waals surface area contributed by atoms with Crippen LogP contribution in [0.1, 0.15) is 52.7 Å². The number of benzene rings is 1. The maximum Gasteiger partial charge on any atom is 0.494 e. The Balaban J connectivity index is 2.45. The van der Waals surface area contributed by atoms with Gasteiger partial charge >= 0.3 is 7.12 Å². The van der Waals surface area contributed by atoms with E-state index in [1.54, 1.807) is 13.3 Å². The number of aliphatic imine (C=N–C) groups is 1. The summed E-state index contributed by atoms with van der Waals surface area (Å²) >= 11 is 0. The Hall–Kier alpha value is -1.33. The van der Waals surface area contributed by atoms with Gasteiger partial charge in [0.1, 0.15) is 0 Å². The molecular weight excluding hydrogens is 287 g/mol. The van der Waals surface area contributed by atoms with Gasteiger partial charge in [-0.05, 0) is 51.1 Å². The maximum absolute atomic E-state index is 6.32. The molecule has 4 nitrogen and oxygen atoms in total. The van der Waals surface area contributed by atoms with Crippen molar-refractivity contribution in [2.45, 2.75) is 59.2 Å². The minimum absolute atomic E-state index is 0.351. The van der Waals surface area contributed by atoms with E-state index in [4.69, 9.17) is 15.0 Å². The lowest BCUT2D eigenvalue weighted by Crippen LogP contribution is -2.41. The average molecular weight is 316 g/mol. The highest BCUT2D eigenvalue weighted by Gasteiger charge is 2.51. The second kappa shape index (κ2) is 6.29. The second-order valence-electron chi connectivity index (χ2n) is 7.76. The highest BCUT2D eigenvalue weighted by molar-refractivity contribution is 6.62. The third-order valence-corrected chi connectivity index (χ3v) is 4.74. The molecule has 0 radical (unpaired) electrons. The number of nitrogens with zero attached hydrogens (tertiary/aromatic N) is 1. The number of hydrogen-bond donors (Lipinski definition) is 1. The molecule has 1 fully saturated rings. The zero-order valence-electron chi connectivity index (χ0n) is 15.4. The van der Waals surface area contributed by atoms with E-state index in [1.165, 1.54) is 0 Å². The van der Waals surface area contributed by atoms with Gasteiger partial charge in [-0.25, -0.2) is 0 Å². The van der Waals surface area contributed by atoms with Gasteiger partial charge in [0.25, 0.3) is 0 Å². The van der Waals surface area contributed by atoms with E-state index in [-0.39, 0.29) is 18.3 Å². The Morgan fingerprint density at radius 3 is 2.22 bits per heavy atom. The largest absolute Gasteiger partial charge is 0.494 e. The maximum atomic E-state index is 6.32. The van der Waals surface area contributed by atoms with Crippen LogP contribution in [0.2, 0.25) is 0 Å². The summed E-state index contributed by atoms with van der Waals surface area (Å²) in [4.78, 5) is 4.13. The van der Waals surface area contributed by atoms with Gasteiger partial charge < -0.3 is 15.0 Å². The lowest BCUT2D eigenvalue weighted by molar-refractivity contribution is 0.00578. The van der Waals surface area contributed by atoms with Crippen molar-refractivity contribution in [2.75, 3.05) is 12.8 Å². The molecule has 0 amide bonds. The quantitative estimate of drug-likeness (QED) is 0.528. The van der Waals surface area contributed by atoms with E-state index in [0.717, 1.165) is 28.7 Å². The zero-order valence-corrected chi connectivity index (χ0v) is 15.4. The first kappa shape index (κ1) is 18.0. The topological polar surface area (TPSA) is 56.8 Å². The first-order valence-electron chi connectivity index (χ1n) is 8.27. The van der Waals surface area contributed by atoms with Crippen LogP contribution in [0.25, 0.3) is 0 Å². The van der Waals surface area contributed by atoms with Gasteiger partial charge in [-0.2, -0.15) is 0 Å². The number of nitrogen functional groups attached to an aromatic ring is 1. The standard InChI is InChI=1S/C18H29BN2O2/c1-12(2)8-13-9-15(10-14(11-21-7)16(13)20)19-22-17(3,4)18(5,6)23-19/h9-12H,8,20H2,1-7H3. The van der Waals surface area contributed by atoms with Crippen LogP contribution < -0.4 is 11.2 Å². The second-order valence-corrected chi connectivity index (χ2v) is 7.76. The van der Waals surface area contributed by atoms with E-state index in [0.29, 0.717) is 5.92 Å². The summed E-state index contributed by atoms with van der Waals surface area (Å²) < 4.78 is 12.4. The van der Waals surface area contributed by atoms with Crippen LogP contribution in [0.15, 0.2) is 17.1 Å². The normalized spacial score (nSPS) is 19.9. The number of hydrogen-bond acceptors (Lipinski definition) is 4. The van der Waals surface area contributed by atoms with Gasteiger partial charge in [-0.1, -0.05) is 26.0 Å².